The summed E-state index contributed by atoms with van der Waals surface area (Å²) in [7, 11) is 1.91. The molecule has 3 nitrogen and oxygen atoms in total. The Morgan fingerprint density at radius 1 is 1.26 bits per heavy atom. The highest BCUT2D eigenvalue weighted by atomic mass is 32.1. The molecule has 3 atom stereocenters. The number of rotatable bonds is 6. The lowest BCUT2D eigenvalue weighted by atomic mass is 9.79. The van der Waals surface area contributed by atoms with Gasteiger partial charge in [-0.25, -0.2) is 0 Å². The normalized spacial score (nSPS) is 34.7. The van der Waals surface area contributed by atoms with E-state index in [2.05, 4.69) is 24.0 Å². The first-order valence-corrected chi connectivity index (χ1v) is 9.96. The van der Waals surface area contributed by atoms with Gasteiger partial charge in [-0.15, -0.1) is 11.3 Å². The van der Waals surface area contributed by atoms with Gasteiger partial charge in [0.2, 0.25) is 0 Å². The average Bonchev–Trinajstić information content (AvgIpc) is 3.21. The van der Waals surface area contributed by atoms with Crippen molar-refractivity contribution in [2.75, 3.05) is 20.3 Å². The fraction of sp³-hybridized carbons (Fsp3) is 0.789. The van der Waals surface area contributed by atoms with Gasteiger partial charge >= 0.3 is 0 Å². The first-order valence-electron chi connectivity index (χ1n) is 9.15. The van der Waals surface area contributed by atoms with Crippen LogP contribution in [0.15, 0.2) is 12.1 Å². The van der Waals surface area contributed by atoms with E-state index in [4.69, 9.17) is 9.47 Å². The quantitative estimate of drug-likeness (QED) is 0.784. The molecule has 1 saturated heterocycles. The van der Waals surface area contributed by atoms with Crippen LogP contribution < -0.4 is 0 Å². The number of methoxy groups -OCH3 is 1. The van der Waals surface area contributed by atoms with Gasteiger partial charge in [-0.3, -0.25) is 4.90 Å². The van der Waals surface area contributed by atoms with Crippen molar-refractivity contribution in [2.45, 2.75) is 69.7 Å². The van der Waals surface area contributed by atoms with Gasteiger partial charge in [0.05, 0.1) is 11.7 Å². The molecular formula is C19H29NO2S. The van der Waals surface area contributed by atoms with Gasteiger partial charge in [0.15, 0.2) is 0 Å². The highest BCUT2D eigenvalue weighted by molar-refractivity contribution is 7.11. The fourth-order valence-corrected chi connectivity index (χ4v) is 5.34. The molecular weight excluding hydrogens is 306 g/mol. The molecule has 1 aliphatic heterocycles. The second kappa shape index (κ2) is 6.47. The Morgan fingerprint density at radius 3 is 2.83 bits per heavy atom. The number of ether oxygens (including phenoxy) is 2. The standard InChI is InChI=1S/C19H29NO2S/c1-14-3-6-17(23-14)12-20-10-9-19(21-2)8-7-16(11-18(19)20)22-13-15-4-5-15/h3,6,15-16,18H,4-5,7-13H2,1-2H3/t16-,18+,19-/m1/s1. The zero-order valence-electron chi connectivity index (χ0n) is 14.4. The smallest absolute Gasteiger partial charge is 0.0847 e. The third-order valence-electron chi connectivity index (χ3n) is 6.07. The van der Waals surface area contributed by atoms with Crippen molar-refractivity contribution in [3.8, 4) is 0 Å². The van der Waals surface area contributed by atoms with Gasteiger partial charge in [-0.05, 0) is 63.5 Å². The molecule has 0 N–H and O–H groups in total. The van der Waals surface area contributed by atoms with Crippen LogP contribution in [0, 0.1) is 12.8 Å². The zero-order chi connectivity index (χ0) is 15.9. The third-order valence-corrected chi connectivity index (χ3v) is 7.06. The summed E-state index contributed by atoms with van der Waals surface area (Å²) in [6.07, 6.45) is 7.84. The summed E-state index contributed by atoms with van der Waals surface area (Å²) < 4.78 is 12.3. The lowest BCUT2D eigenvalue weighted by molar-refractivity contribution is -0.103. The summed E-state index contributed by atoms with van der Waals surface area (Å²) in [5.41, 5.74) is 0.0751. The Labute approximate surface area is 144 Å². The van der Waals surface area contributed by atoms with Crippen molar-refractivity contribution >= 4 is 11.3 Å². The molecule has 0 amide bonds. The van der Waals surface area contributed by atoms with E-state index in [9.17, 15) is 0 Å². The van der Waals surface area contributed by atoms with Crippen molar-refractivity contribution in [3.63, 3.8) is 0 Å². The number of hydrogen-bond acceptors (Lipinski definition) is 4. The maximum absolute atomic E-state index is 6.23. The van der Waals surface area contributed by atoms with Crippen LogP contribution in [0.1, 0.15) is 48.3 Å². The van der Waals surface area contributed by atoms with E-state index in [1.165, 1.54) is 35.4 Å². The van der Waals surface area contributed by atoms with E-state index in [-0.39, 0.29) is 5.60 Å². The van der Waals surface area contributed by atoms with Crippen molar-refractivity contribution < 1.29 is 9.47 Å². The van der Waals surface area contributed by atoms with Gasteiger partial charge in [-0.1, -0.05) is 0 Å². The van der Waals surface area contributed by atoms with E-state index >= 15 is 0 Å². The highest BCUT2D eigenvalue weighted by Gasteiger charge is 2.51. The Hall–Kier alpha value is -0.420. The second-order valence-electron chi connectivity index (χ2n) is 7.69. The SMILES string of the molecule is CO[C@@]12CC[C@@H](OCC3CC3)C[C@@H]1N(Cc1ccc(C)s1)CC2. The van der Waals surface area contributed by atoms with Crippen LogP contribution in [0.3, 0.4) is 0 Å². The number of hydrogen-bond donors (Lipinski definition) is 0. The lowest BCUT2D eigenvalue weighted by Gasteiger charge is -2.43. The monoisotopic (exact) mass is 335 g/mol. The Morgan fingerprint density at radius 2 is 2.13 bits per heavy atom. The summed E-state index contributed by atoms with van der Waals surface area (Å²) >= 11 is 1.93. The predicted molar refractivity (Wildman–Crippen MR) is 93.9 cm³/mol. The fourth-order valence-electron chi connectivity index (χ4n) is 4.42. The van der Waals surface area contributed by atoms with Crippen molar-refractivity contribution in [3.05, 3.63) is 21.9 Å². The largest absolute Gasteiger partial charge is 0.378 e. The van der Waals surface area contributed by atoms with Gasteiger partial charge in [0.1, 0.15) is 0 Å². The summed E-state index contributed by atoms with van der Waals surface area (Å²) in [5, 5.41) is 0. The van der Waals surface area contributed by atoms with E-state index < -0.39 is 0 Å². The summed E-state index contributed by atoms with van der Waals surface area (Å²) in [5.74, 6) is 0.859. The first-order chi connectivity index (χ1) is 11.2. The van der Waals surface area contributed by atoms with Crippen LogP contribution in [0.5, 0.6) is 0 Å². The molecule has 2 saturated carbocycles. The predicted octanol–water partition coefficient (Wildman–Crippen LogP) is 4.00. The number of likely N-dealkylation sites (tertiary alicyclic amines) is 1. The van der Waals surface area contributed by atoms with Gasteiger partial charge in [-0.2, -0.15) is 0 Å². The number of fused-ring (bicyclic) bond motifs is 1. The molecule has 1 aromatic rings. The molecule has 1 aromatic heterocycles. The van der Waals surface area contributed by atoms with Crippen LogP contribution in [0.4, 0.5) is 0 Å². The minimum absolute atomic E-state index is 0.0751. The first kappa shape index (κ1) is 16.1. The average molecular weight is 336 g/mol. The summed E-state index contributed by atoms with van der Waals surface area (Å²) in [4.78, 5) is 5.54. The van der Waals surface area contributed by atoms with E-state index in [1.54, 1.807) is 0 Å². The minimum atomic E-state index is 0.0751. The number of thiophene rings is 1. The molecule has 4 heteroatoms. The van der Waals surface area contributed by atoms with Crippen LogP contribution in [-0.2, 0) is 16.0 Å². The molecule has 0 spiro atoms. The minimum Gasteiger partial charge on any atom is -0.378 e. The zero-order valence-corrected chi connectivity index (χ0v) is 15.2. The molecule has 128 valence electrons. The topological polar surface area (TPSA) is 21.7 Å². The molecule has 2 heterocycles. The van der Waals surface area contributed by atoms with Crippen molar-refractivity contribution in [1.82, 2.24) is 4.90 Å². The van der Waals surface area contributed by atoms with Crippen molar-refractivity contribution in [1.29, 1.82) is 0 Å². The number of aryl methyl sites for hydroxylation is 1. The molecule has 0 aromatic carbocycles. The molecule has 0 unspecified atom stereocenters. The van der Waals surface area contributed by atoms with Crippen molar-refractivity contribution in [2.24, 2.45) is 5.92 Å². The molecule has 0 bridgehead atoms. The summed E-state index contributed by atoms with van der Waals surface area (Å²) in [6.45, 7) is 5.41. The molecule has 0 radical (unpaired) electrons. The Balaban J connectivity index is 1.43. The van der Waals surface area contributed by atoms with Gasteiger partial charge in [0.25, 0.3) is 0 Å². The number of nitrogens with zero attached hydrogens (tertiary/aromatic N) is 1. The van der Waals surface area contributed by atoms with E-state index in [1.807, 2.05) is 18.4 Å². The van der Waals surface area contributed by atoms with Crippen LogP contribution in [0.25, 0.3) is 0 Å². The maximum atomic E-state index is 6.23. The third kappa shape index (κ3) is 3.37. The van der Waals surface area contributed by atoms with Crippen LogP contribution in [-0.4, -0.2) is 42.9 Å². The van der Waals surface area contributed by atoms with Crippen LogP contribution >= 0.6 is 11.3 Å². The maximum Gasteiger partial charge on any atom is 0.0847 e. The highest BCUT2D eigenvalue weighted by Crippen LogP contribution is 2.44. The molecule has 4 rings (SSSR count). The van der Waals surface area contributed by atoms with Gasteiger partial charge < -0.3 is 9.47 Å². The Kier molecular flexibility index (Phi) is 4.52. The molecule has 3 aliphatic rings. The van der Waals surface area contributed by atoms with Gasteiger partial charge in [0, 0.05) is 42.6 Å². The lowest BCUT2D eigenvalue weighted by Crippen LogP contribution is -2.51. The van der Waals surface area contributed by atoms with Crippen LogP contribution in [0.2, 0.25) is 0 Å². The molecule has 2 aliphatic carbocycles. The molecule has 3 fully saturated rings. The second-order valence-corrected chi connectivity index (χ2v) is 9.06. The van der Waals surface area contributed by atoms with E-state index in [0.29, 0.717) is 12.1 Å². The Bertz CT molecular complexity index is 541. The molecule has 23 heavy (non-hydrogen) atoms. The summed E-state index contributed by atoms with van der Waals surface area (Å²) in [6, 6.07) is 5.05. The van der Waals surface area contributed by atoms with E-state index in [0.717, 1.165) is 38.5 Å².